The van der Waals surface area contributed by atoms with Gasteiger partial charge in [0, 0.05) is 17.9 Å². The van der Waals surface area contributed by atoms with Crippen LogP contribution in [0.15, 0.2) is 103 Å². The number of carbonyl (C=O) groups excluding carboxylic acids is 3. The first-order chi connectivity index (χ1) is 19.9. The molecule has 9 nitrogen and oxygen atoms in total. The largest absolute Gasteiger partial charge is 0.333 e. The van der Waals surface area contributed by atoms with E-state index in [1.54, 1.807) is 0 Å². The number of rotatable bonds is 12. The zero-order valence-electron chi connectivity index (χ0n) is 22.6. The number of hydrazine groups is 1. The maximum absolute atomic E-state index is 13.6. The van der Waals surface area contributed by atoms with Crippen molar-refractivity contribution in [2.75, 3.05) is 6.54 Å². The number of aryl methyl sites for hydroxylation is 2. The van der Waals surface area contributed by atoms with Crippen LogP contribution >= 0.6 is 0 Å². The van der Waals surface area contributed by atoms with Gasteiger partial charge in [-0.3, -0.25) is 19.7 Å². The van der Waals surface area contributed by atoms with Crippen LogP contribution in [0.2, 0.25) is 0 Å². The number of benzene rings is 4. The zero-order valence-corrected chi connectivity index (χ0v) is 22.6. The van der Waals surface area contributed by atoms with Gasteiger partial charge in [0.1, 0.15) is 6.04 Å². The lowest BCUT2D eigenvalue weighted by molar-refractivity contribution is -0.467. The lowest BCUT2D eigenvalue weighted by Gasteiger charge is -2.30. The van der Waals surface area contributed by atoms with E-state index in [2.05, 4.69) is 10.7 Å². The highest BCUT2D eigenvalue weighted by Gasteiger charge is 2.33. The monoisotopic (exact) mass is 552 g/mol. The third kappa shape index (κ3) is 8.72. The van der Waals surface area contributed by atoms with Crippen LogP contribution in [0, 0.1) is 10.1 Å². The molecule has 4 aromatic carbocycles. The highest BCUT2D eigenvalue weighted by molar-refractivity contribution is 5.91. The molecule has 0 heterocycles. The molecule has 210 valence electrons. The van der Waals surface area contributed by atoms with E-state index in [-0.39, 0.29) is 19.4 Å². The molecule has 4 rings (SSSR count). The van der Waals surface area contributed by atoms with Gasteiger partial charge in [0.15, 0.2) is 0 Å². The zero-order chi connectivity index (χ0) is 29.0. The number of ketones is 1. The lowest BCUT2D eigenvalue weighted by Crippen LogP contribution is -2.58. The van der Waals surface area contributed by atoms with Gasteiger partial charge in [0.05, 0.1) is 0 Å². The minimum atomic E-state index is -1.22. The second-order valence-electron chi connectivity index (χ2n) is 9.72. The summed E-state index contributed by atoms with van der Waals surface area (Å²) in [6.45, 7) is -0.759. The molecule has 3 amide bonds. The maximum Gasteiger partial charge on any atom is 0.333 e. The summed E-state index contributed by atoms with van der Waals surface area (Å²) in [4.78, 5) is 50.1. The molecule has 0 bridgehead atoms. The summed E-state index contributed by atoms with van der Waals surface area (Å²) in [7, 11) is 0. The number of fused-ring (bicyclic) bond motifs is 1. The van der Waals surface area contributed by atoms with Crippen molar-refractivity contribution >= 4 is 28.5 Å². The van der Waals surface area contributed by atoms with Gasteiger partial charge in [-0.2, -0.15) is 0 Å². The SMILES string of the molecule is O=C(NCc1ccccc1)NN(C(=O)CCc1ccc2ccccc2c1)[C@@H](CCc1ccccc1)C(=O)C[N+](=O)[O-]. The Hall–Kier alpha value is -5.05. The smallest absolute Gasteiger partial charge is 0.333 e. The summed E-state index contributed by atoms with van der Waals surface area (Å²) in [5.74, 6) is -1.27. The highest BCUT2D eigenvalue weighted by atomic mass is 16.6. The van der Waals surface area contributed by atoms with Crippen LogP contribution in [0.1, 0.15) is 29.5 Å². The van der Waals surface area contributed by atoms with E-state index in [0.29, 0.717) is 12.8 Å². The topological polar surface area (TPSA) is 122 Å². The number of amides is 3. The van der Waals surface area contributed by atoms with Crippen molar-refractivity contribution in [2.45, 2.75) is 38.3 Å². The molecule has 0 aliphatic rings. The molecule has 41 heavy (non-hydrogen) atoms. The molecule has 2 N–H and O–H groups in total. The minimum Gasteiger partial charge on any atom is -0.333 e. The van der Waals surface area contributed by atoms with Gasteiger partial charge in [-0.25, -0.2) is 15.2 Å². The summed E-state index contributed by atoms with van der Waals surface area (Å²) in [6.07, 6.45) is 0.849. The molecule has 9 heteroatoms. The van der Waals surface area contributed by atoms with E-state index in [9.17, 15) is 24.5 Å². The van der Waals surface area contributed by atoms with Gasteiger partial charge < -0.3 is 5.32 Å². The number of nitrogens with zero attached hydrogens (tertiary/aromatic N) is 2. The second kappa shape index (κ2) is 14.4. The van der Waals surface area contributed by atoms with Crippen molar-refractivity contribution < 1.29 is 19.3 Å². The number of urea groups is 1. The van der Waals surface area contributed by atoms with Crippen LogP contribution in [-0.2, 0) is 29.0 Å². The number of carbonyl (C=O) groups is 3. The van der Waals surface area contributed by atoms with E-state index in [4.69, 9.17) is 0 Å². The third-order valence-corrected chi connectivity index (χ3v) is 6.75. The predicted molar refractivity (Wildman–Crippen MR) is 156 cm³/mol. The summed E-state index contributed by atoms with van der Waals surface area (Å²) in [5.41, 5.74) is 5.21. The molecule has 0 aliphatic heterocycles. The fourth-order valence-electron chi connectivity index (χ4n) is 4.62. The number of hydrogen-bond donors (Lipinski definition) is 2. The fraction of sp³-hybridized carbons (Fsp3) is 0.219. The van der Waals surface area contributed by atoms with Gasteiger partial charge in [-0.1, -0.05) is 103 Å². The van der Waals surface area contributed by atoms with Crippen LogP contribution in [0.25, 0.3) is 10.8 Å². The molecule has 0 spiro atoms. The van der Waals surface area contributed by atoms with Crippen molar-refractivity contribution in [1.29, 1.82) is 0 Å². The molecular weight excluding hydrogens is 520 g/mol. The minimum absolute atomic E-state index is 0.00904. The first-order valence-corrected chi connectivity index (χ1v) is 13.5. The van der Waals surface area contributed by atoms with Crippen molar-refractivity contribution in [3.05, 3.63) is 130 Å². The van der Waals surface area contributed by atoms with Crippen LogP contribution < -0.4 is 10.7 Å². The molecule has 0 saturated heterocycles. The molecule has 4 aromatic rings. The van der Waals surface area contributed by atoms with E-state index in [0.717, 1.165) is 32.5 Å². The van der Waals surface area contributed by atoms with E-state index < -0.39 is 35.2 Å². The molecule has 0 fully saturated rings. The number of Topliss-reactive ketones (excluding diaryl/α,β-unsaturated/α-hetero) is 1. The molecule has 0 radical (unpaired) electrons. The first kappa shape index (κ1) is 28.9. The average Bonchev–Trinajstić information content (AvgIpc) is 2.99. The molecular formula is C32H32N4O5. The van der Waals surface area contributed by atoms with Gasteiger partial charge >= 0.3 is 6.03 Å². The van der Waals surface area contributed by atoms with E-state index in [1.165, 1.54) is 0 Å². The predicted octanol–water partition coefficient (Wildman–Crippen LogP) is 4.86. The summed E-state index contributed by atoms with van der Waals surface area (Å²) < 4.78 is 0. The lowest BCUT2D eigenvalue weighted by atomic mass is 10.0. The molecule has 0 aliphatic carbocycles. The number of hydrogen-bond acceptors (Lipinski definition) is 5. The number of nitrogens with one attached hydrogen (secondary N) is 2. The molecule has 0 unspecified atom stereocenters. The molecule has 1 atom stereocenters. The van der Waals surface area contributed by atoms with E-state index >= 15 is 0 Å². The Kier molecular flexibility index (Phi) is 10.1. The van der Waals surface area contributed by atoms with Crippen LogP contribution in [-0.4, -0.2) is 40.2 Å². The number of nitro groups is 1. The normalized spacial score (nSPS) is 11.4. The van der Waals surface area contributed by atoms with Gasteiger partial charge in [-0.15, -0.1) is 0 Å². The van der Waals surface area contributed by atoms with E-state index in [1.807, 2.05) is 103 Å². The average molecular weight is 553 g/mol. The van der Waals surface area contributed by atoms with Crippen molar-refractivity contribution in [1.82, 2.24) is 15.8 Å². The van der Waals surface area contributed by atoms with Crippen LogP contribution in [0.3, 0.4) is 0 Å². The Morgan fingerprint density at radius 1 is 0.756 bits per heavy atom. The quantitative estimate of drug-likeness (QED) is 0.192. The first-order valence-electron chi connectivity index (χ1n) is 13.5. The second-order valence-corrected chi connectivity index (χ2v) is 9.72. The Morgan fingerprint density at radius 2 is 1.39 bits per heavy atom. The molecule has 0 aromatic heterocycles. The van der Waals surface area contributed by atoms with Gasteiger partial charge in [0.25, 0.3) is 6.54 Å². The summed E-state index contributed by atoms with van der Waals surface area (Å²) >= 11 is 0. The van der Waals surface area contributed by atoms with Crippen LogP contribution in [0.4, 0.5) is 4.79 Å². The molecule has 0 saturated carbocycles. The maximum atomic E-state index is 13.6. The Morgan fingerprint density at radius 3 is 2.07 bits per heavy atom. The van der Waals surface area contributed by atoms with Gasteiger partial charge in [-0.05, 0) is 46.7 Å². The highest BCUT2D eigenvalue weighted by Crippen LogP contribution is 2.18. The summed E-state index contributed by atoms with van der Waals surface area (Å²) in [5, 5.41) is 17.1. The summed E-state index contributed by atoms with van der Waals surface area (Å²) in [6, 6.07) is 30.4. The van der Waals surface area contributed by atoms with Crippen molar-refractivity contribution in [3.63, 3.8) is 0 Å². The Bertz CT molecular complexity index is 1490. The van der Waals surface area contributed by atoms with Gasteiger partial charge in [0.2, 0.25) is 11.7 Å². The van der Waals surface area contributed by atoms with Crippen molar-refractivity contribution in [3.8, 4) is 0 Å². The Balaban J connectivity index is 1.53. The van der Waals surface area contributed by atoms with Crippen molar-refractivity contribution in [2.24, 2.45) is 0 Å². The Labute approximate surface area is 238 Å². The standard InChI is InChI=1S/C32H32N4O5/c37-30(23-35(40)41)29(19-16-24-9-3-1-4-10-24)36(34-32(39)33-22-26-11-5-2-6-12-26)31(38)20-17-25-15-18-27-13-7-8-14-28(27)21-25/h1-15,18,21,29H,16-17,19-20,22-23H2,(H2,33,34,39)/t29-/m0/s1. The van der Waals surface area contributed by atoms with Crippen LogP contribution in [0.5, 0.6) is 0 Å². The third-order valence-electron chi connectivity index (χ3n) is 6.75. The fourth-order valence-corrected chi connectivity index (χ4v) is 4.62.